The molecule has 0 aromatic heterocycles. The smallest absolute Gasteiger partial charge is 0.312 e. The fraction of sp³-hybridized carbons (Fsp3) is 0.263. The number of nitrogens with two attached hydrogens (primary N) is 1. The molecule has 0 spiro atoms. The molecular formula is C19H23N3O3. The van der Waals surface area contributed by atoms with Gasteiger partial charge in [0.2, 0.25) is 0 Å². The van der Waals surface area contributed by atoms with Crippen molar-refractivity contribution in [3.8, 4) is 0 Å². The van der Waals surface area contributed by atoms with E-state index in [-0.39, 0.29) is 5.91 Å². The van der Waals surface area contributed by atoms with Crippen molar-refractivity contribution in [1.82, 2.24) is 10.6 Å². The fourth-order valence-electron chi connectivity index (χ4n) is 2.32. The second-order valence-electron chi connectivity index (χ2n) is 5.50. The summed E-state index contributed by atoms with van der Waals surface area (Å²) in [4.78, 5) is 23.0. The zero-order chi connectivity index (χ0) is 18.1. The summed E-state index contributed by atoms with van der Waals surface area (Å²) < 4.78 is 5.45. The maximum atomic E-state index is 12.3. The van der Waals surface area contributed by atoms with Crippen molar-refractivity contribution in [2.24, 2.45) is 5.73 Å². The number of nitrogens with one attached hydrogen (secondary N) is 2. The number of hydrogen-bond donors (Lipinski definition) is 3. The highest BCUT2D eigenvalue weighted by Gasteiger charge is 2.07. The Labute approximate surface area is 147 Å². The Morgan fingerprint density at radius 2 is 1.64 bits per heavy atom. The fourth-order valence-corrected chi connectivity index (χ4v) is 2.32. The van der Waals surface area contributed by atoms with Crippen molar-refractivity contribution < 1.29 is 14.3 Å². The Morgan fingerprint density at radius 3 is 2.28 bits per heavy atom. The van der Waals surface area contributed by atoms with Crippen LogP contribution >= 0.6 is 0 Å². The van der Waals surface area contributed by atoms with E-state index >= 15 is 0 Å². The number of primary amides is 1. The first kappa shape index (κ1) is 18.5. The topological polar surface area (TPSA) is 93.4 Å². The highest BCUT2D eigenvalue weighted by atomic mass is 16.5. The molecule has 0 heterocycles. The molecular weight excluding hydrogens is 318 g/mol. The Bertz CT molecular complexity index is 714. The predicted octanol–water partition coefficient (Wildman–Crippen LogP) is 2.32. The van der Waals surface area contributed by atoms with Crippen LogP contribution in [0.5, 0.6) is 0 Å². The zero-order valence-electron chi connectivity index (χ0n) is 14.2. The largest absolute Gasteiger partial charge is 0.377 e. The van der Waals surface area contributed by atoms with Crippen LogP contribution in [0.1, 0.15) is 34.0 Å². The third-order valence-electron chi connectivity index (χ3n) is 3.70. The molecule has 4 N–H and O–H groups in total. The van der Waals surface area contributed by atoms with Gasteiger partial charge in [0.15, 0.2) is 0 Å². The third kappa shape index (κ3) is 5.93. The minimum absolute atomic E-state index is 0.152. The quantitative estimate of drug-likeness (QED) is 0.688. The van der Waals surface area contributed by atoms with E-state index in [2.05, 4.69) is 10.6 Å². The van der Waals surface area contributed by atoms with Gasteiger partial charge < -0.3 is 21.1 Å². The molecule has 2 aromatic rings. The van der Waals surface area contributed by atoms with Gasteiger partial charge in [-0.05, 0) is 35.7 Å². The van der Waals surface area contributed by atoms with Crippen LogP contribution in [0.2, 0.25) is 0 Å². The van der Waals surface area contributed by atoms with Gasteiger partial charge in [-0.1, -0.05) is 36.4 Å². The molecule has 0 saturated carbocycles. The molecule has 0 atom stereocenters. The summed E-state index contributed by atoms with van der Waals surface area (Å²) in [6.07, 6.45) is 0. The predicted molar refractivity (Wildman–Crippen MR) is 95.8 cm³/mol. The first-order valence-corrected chi connectivity index (χ1v) is 8.15. The third-order valence-corrected chi connectivity index (χ3v) is 3.70. The Hall–Kier alpha value is -2.86. The number of carbonyl (C=O) groups is 2. The zero-order valence-corrected chi connectivity index (χ0v) is 14.2. The Morgan fingerprint density at radius 1 is 0.960 bits per heavy atom. The van der Waals surface area contributed by atoms with Crippen LogP contribution < -0.4 is 16.4 Å². The lowest BCUT2D eigenvalue weighted by Gasteiger charge is -2.11. The number of rotatable bonds is 8. The maximum absolute atomic E-state index is 12.3. The van der Waals surface area contributed by atoms with Crippen LogP contribution in [0.3, 0.4) is 0 Å². The van der Waals surface area contributed by atoms with Gasteiger partial charge in [0, 0.05) is 25.3 Å². The number of hydrogen-bond acceptors (Lipinski definition) is 3. The van der Waals surface area contributed by atoms with Crippen molar-refractivity contribution in [1.29, 1.82) is 0 Å². The molecule has 0 radical (unpaired) electrons. The van der Waals surface area contributed by atoms with Gasteiger partial charge >= 0.3 is 6.03 Å². The molecule has 0 aliphatic heterocycles. The molecule has 0 saturated heterocycles. The maximum Gasteiger partial charge on any atom is 0.312 e. The van der Waals surface area contributed by atoms with Crippen molar-refractivity contribution in [2.75, 3.05) is 6.61 Å². The van der Waals surface area contributed by atoms with E-state index in [4.69, 9.17) is 10.5 Å². The van der Waals surface area contributed by atoms with Crippen LogP contribution in [0.25, 0.3) is 0 Å². The van der Waals surface area contributed by atoms with Crippen LogP contribution in [0, 0.1) is 0 Å². The first-order valence-electron chi connectivity index (χ1n) is 8.15. The molecule has 3 amide bonds. The number of urea groups is 1. The van der Waals surface area contributed by atoms with E-state index < -0.39 is 6.03 Å². The summed E-state index contributed by atoms with van der Waals surface area (Å²) >= 11 is 0. The van der Waals surface area contributed by atoms with Crippen molar-refractivity contribution in [2.45, 2.75) is 26.6 Å². The molecule has 0 fully saturated rings. The normalized spacial score (nSPS) is 10.3. The average Bonchev–Trinajstić information content (AvgIpc) is 2.63. The molecule has 132 valence electrons. The summed E-state index contributed by atoms with van der Waals surface area (Å²) in [5, 5.41) is 5.42. The van der Waals surface area contributed by atoms with E-state index in [1.54, 1.807) is 24.3 Å². The van der Waals surface area contributed by atoms with Crippen LogP contribution in [-0.4, -0.2) is 18.5 Å². The highest BCUT2D eigenvalue weighted by Crippen LogP contribution is 2.11. The standard InChI is InChI=1S/C19H23N3O3/c1-2-25-13-17-6-4-3-5-16(17)12-21-18(23)15-9-7-14(8-10-15)11-22-19(20)24/h3-10H,2,11-13H2,1H3,(H,21,23)(H3,20,22,24). The molecule has 0 aliphatic carbocycles. The second-order valence-corrected chi connectivity index (χ2v) is 5.50. The lowest BCUT2D eigenvalue weighted by molar-refractivity contribution is 0.0949. The van der Waals surface area contributed by atoms with Crippen LogP contribution in [-0.2, 0) is 24.4 Å². The van der Waals surface area contributed by atoms with E-state index in [0.717, 1.165) is 16.7 Å². The lowest BCUT2D eigenvalue weighted by Crippen LogP contribution is -2.28. The molecule has 6 nitrogen and oxygen atoms in total. The SMILES string of the molecule is CCOCc1ccccc1CNC(=O)c1ccc(CNC(N)=O)cc1. The molecule has 2 rings (SSSR count). The number of benzene rings is 2. The summed E-state index contributed by atoms with van der Waals surface area (Å²) in [7, 11) is 0. The van der Waals surface area contributed by atoms with Crippen LogP contribution in [0.4, 0.5) is 4.79 Å². The van der Waals surface area contributed by atoms with Gasteiger partial charge in [-0.25, -0.2) is 4.79 Å². The van der Waals surface area contributed by atoms with Gasteiger partial charge in [0.05, 0.1) is 6.61 Å². The number of amides is 3. The van der Waals surface area contributed by atoms with E-state index in [0.29, 0.717) is 31.9 Å². The average molecular weight is 341 g/mol. The van der Waals surface area contributed by atoms with Crippen LogP contribution in [0.15, 0.2) is 48.5 Å². The second kappa shape index (κ2) is 9.44. The summed E-state index contributed by atoms with van der Waals surface area (Å²) in [6.45, 7) is 3.91. The van der Waals surface area contributed by atoms with Gasteiger partial charge in [-0.3, -0.25) is 4.79 Å². The number of carbonyl (C=O) groups excluding carboxylic acids is 2. The van der Waals surface area contributed by atoms with Crippen molar-refractivity contribution in [3.63, 3.8) is 0 Å². The van der Waals surface area contributed by atoms with Crippen molar-refractivity contribution >= 4 is 11.9 Å². The van der Waals surface area contributed by atoms with Gasteiger partial charge in [-0.15, -0.1) is 0 Å². The lowest BCUT2D eigenvalue weighted by atomic mass is 10.1. The molecule has 2 aromatic carbocycles. The first-order chi connectivity index (χ1) is 12.1. The molecule has 0 aliphatic rings. The van der Waals surface area contributed by atoms with E-state index in [1.165, 1.54) is 0 Å². The molecule has 0 unspecified atom stereocenters. The van der Waals surface area contributed by atoms with Gasteiger partial charge in [0.1, 0.15) is 0 Å². The molecule has 25 heavy (non-hydrogen) atoms. The highest BCUT2D eigenvalue weighted by molar-refractivity contribution is 5.94. The molecule has 0 bridgehead atoms. The number of ether oxygens (including phenoxy) is 1. The summed E-state index contributed by atoms with van der Waals surface area (Å²) in [5.41, 5.74) is 8.57. The Balaban J connectivity index is 1.93. The monoisotopic (exact) mass is 341 g/mol. The van der Waals surface area contributed by atoms with Gasteiger partial charge in [0.25, 0.3) is 5.91 Å². The Kier molecular flexibility index (Phi) is 6.98. The van der Waals surface area contributed by atoms with E-state index in [9.17, 15) is 9.59 Å². The van der Waals surface area contributed by atoms with Gasteiger partial charge in [-0.2, -0.15) is 0 Å². The molecule has 6 heteroatoms. The van der Waals surface area contributed by atoms with Crippen molar-refractivity contribution in [3.05, 3.63) is 70.8 Å². The summed E-state index contributed by atoms with van der Waals surface area (Å²) in [6, 6.07) is 14.3. The minimum atomic E-state index is -0.576. The summed E-state index contributed by atoms with van der Waals surface area (Å²) in [5.74, 6) is -0.152. The minimum Gasteiger partial charge on any atom is -0.377 e. The van der Waals surface area contributed by atoms with E-state index in [1.807, 2.05) is 31.2 Å².